The lowest BCUT2D eigenvalue weighted by atomic mass is 10.0. The molecular weight excluding hydrogens is 355 g/mol. The fourth-order valence-electron chi connectivity index (χ4n) is 2.62. The van der Waals surface area contributed by atoms with Gasteiger partial charge in [0.25, 0.3) is 0 Å². The van der Waals surface area contributed by atoms with Crippen LogP contribution in [-0.4, -0.2) is 31.2 Å². The number of aromatic nitrogens is 1. The minimum absolute atomic E-state index is 0.1000. The highest BCUT2D eigenvalue weighted by Crippen LogP contribution is 2.34. The molecule has 1 heterocycles. The Balaban J connectivity index is 2.29. The lowest BCUT2D eigenvalue weighted by Gasteiger charge is -2.05. The zero-order valence-electron chi connectivity index (χ0n) is 12.9. The van der Waals surface area contributed by atoms with Crippen molar-refractivity contribution < 1.29 is 26.4 Å². The van der Waals surface area contributed by atoms with Crippen LogP contribution in [-0.2, 0) is 9.84 Å². The Bertz CT molecular complexity index is 1090. The second-order valence-corrected chi connectivity index (χ2v) is 7.83. The predicted molar refractivity (Wildman–Crippen MR) is 87.7 cm³/mol. The number of hydrogen-bond donors (Lipinski definition) is 1. The number of carbonyl (C=O) groups is 1. The molecule has 0 bridgehead atoms. The number of rotatable bonds is 4. The fraction of sp³-hybridized carbons (Fsp3) is 0.118. The summed E-state index contributed by atoms with van der Waals surface area (Å²) in [5, 5.41) is 0.197. The van der Waals surface area contributed by atoms with Gasteiger partial charge in [-0.25, -0.2) is 21.6 Å². The summed E-state index contributed by atoms with van der Waals surface area (Å²) in [7, 11) is -3.61. The highest BCUT2D eigenvalue weighted by molar-refractivity contribution is 7.91. The number of halogens is 3. The van der Waals surface area contributed by atoms with Crippen LogP contribution in [0.4, 0.5) is 13.2 Å². The van der Waals surface area contributed by atoms with E-state index in [-0.39, 0.29) is 22.2 Å². The molecule has 130 valence electrons. The van der Waals surface area contributed by atoms with Crippen LogP contribution in [0.25, 0.3) is 22.0 Å². The minimum Gasteiger partial charge on any atom is -0.351 e. The maximum absolute atomic E-state index is 13.7. The molecule has 0 spiro atoms. The molecule has 2 aromatic carbocycles. The van der Waals surface area contributed by atoms with Crippen LogP contribution in [0.1, 0.15) is 10.5 Å². The number of hydrogen-bond acceptors (Lipinski definition) is 3. The Morgan fingerprint density at radius 2 is 1.64 bits per heavy atom. The number of H-pyrrole nitrogens is 1. The molecule has 0 aliphatic heterocycles. The van der Waals surface area contributed by atoms with Crippen molar-refractivity contribution in [1.29, 1.82) is 0 Å². The number of fused-ring (bicyclic) bond motifs is 1. The van der Waals surface area contributed by atoms with Gasteiger partial charge in [0.2, 0.25) is 0 Å². The number of sulfone groups is 1. The van der Waals surface area contributed by atoms with E-state index in [1.807, 2.05) is 0 Å². The van der Waals surface area contributed by atoms with Crippen molar-refractivity contribution in [2.24, 2.45) is 0 Å². The first kappa shape index (κ1) is 17.2. The number of aromatic amines is 1. The molecule has 0 fully saturated rings. The molecule has 0 saturated carbocycles. The van der Waals surface area contributed by atoms with Crippen molar-refractivity contribution in [3.05, 3.63) is 59.5 Å². The Labute approximate surface area is 141 Å². The molecule has 1 aromatic heterocycles. The Morgan fingerprint density at radius 3 is 2.24 bits per heavy atom. The monoisotopic (exact) mass is 367 g/mol. The van der Waals surface area contributed by atoms with Crippen molar-refractivity contribution in [2.75, 3.05) is 12.0 Å². The molecule has 25 heavy (non-hydrogen) atoms. The number of nitrogens with one attached hydrogen (secondary N) is 1. The van der Waals surface area contributed by atoms with Gasteiger partial charge >= 0.3 is 0 Å². The maximum atomic E-state index is 13.7. The molecule has 0 amide bonds. The highest BCUT2D eigenvalue weighted by atomic mass is 32.2. The van der Waals surface area contributed by atoms with Crippen LogP contribution < -0.4 is 0 Å². The number of ketones is 1. The van der Waals surface area contributed by atoms with Gasteiger partial charge in [0.1, 0.15) is 11.6 Å². The van der Waals surface area contributed by atoms with Gasteiger partial charge in [0.05, 0.1) is 5.69 Å². The largest absolute Gasteiger partial charge is 0.351 e. The first-order chi connectivity index (χ1) is 11.7. The average Bonchev–Trinajstić information content (AvgIpc) is 2.85. The van der Waals surface area contributed by atoms with E-state index in [1.54, 1.807) is 0 Å². The predicted octanol–water partition coefficient (Wildman–Crippen LogP) is 3.48. The quantitative estimate of drug-likeness (QED) is 0.718. The van der Waals surface area contributed by atoms with Crippen LogP contribution >= 0.6 is 0 Å². The summed E-state index contributed by atoms with van der Waals surface area (Å²) in [5.41, 5.74) is 0.602. The van der Waals surface area contributed by atoms with E-state index in [9.17, 15) is 26.4 Å². The zero-order valence-corrected chi connectivity index (χ0v) is 13.8. The first-order valence-corrected chi connectivity index (χ1v) is 9.19. The average molecular weight is 367 g/mol. The van der Waals surface area contributed by atoms with Gasteiger partial charge in [-0.1, -0.05) is 12.1 Å². The summed E-state index contributed by atoms with van der Waals surface area (Å²) in [6.07, 6.45) is 0.907. The Kier molecular flexibility index (Phi) is 4.16. The van der Waals surface area contributed by atoms with Crippen LogP contribution in [0.2, 0.25) is 0 Å². The minimum atomic E-state index is -3.61. The van der Waals surface area contributed by atoms with E-state index in [1.165, 1.54) is 12.1 Å². The second-order valence-electron chi connectivity index (χ2n) is 5.69. The van der Waals surface area contributed by atoms with Crippen molar-refractivity contribution in [3.8, 4) is 11.1 Å². The topological polar surface area (TPSA) is 67.0 Å². The van der Waals surface area contributed by atoms with E-state index in [0.717, 1.165) is 30.5 Å². The molecule has 0 atom stereocenters. The SMILES string of the molecule is CS(=O)(=O)CC(=O)c1[nH]c2cc(F)c(F)cc2c1-c1ccc(F)cc1. The summed E-state index contributed by atoms with van der Waals surface area (Å²) in [6.45, 7) is 0. The van der Waals surface area contributed by atoms with Crippen LogP contribution in [0.3, 0.4) is 0 Å². The zero-order chi connectivity index (χ0) is 18.4. The molecule has 8 heteroatoms. The Hall–Kier alpha value is -2.61. The summed E-state index contributed by atoms with van der Waals surface area (Å²) < 4.78 is 63.2. The van der Waals surface area contributed by atoms with Crippen molar-refractivity contribution >= 4 is 26.5 Å². The van der Waals surface area contributed by atoms with Crippen LogP contribution in [0, 0.1) is 17.5 Å². The molecule has 0 aliphatic rings. The van der Waals surface area contributed by atoms with Gasteiger partial charge < -0.3 is 4.98 Å². The lowest BCUT2D eigenvalue weighted by molar-refractivity contribution is 0.101. The molecule has 3 rings (SSSR count). The molecule has 4 nitrogen and oxygen atoms in total. The molecule has 0 saturated heterocycles. The molecule has 0 unspecified atom stereocenters. The third-order valence-electron chi connectivity index (χ3n) is 3.64. The van der Waals surface area contributed by atoms with Crippen molar-refractivity contribution in [1.82, 2.24) is 4.98 Å². The third-order valence-corrected chi connectivity index (χ3v) is 4.43. The van der Waals surface area contributed by atoms with Gasteiger partial charge in [-0.05, 0) is 23.8 Å². The standard InChI is InChI=1S/C17H12F3NO3S/c1-25(23,24)8-15(22)17-16(9-2-4-10(18)5-3-9)11-6-12(19)13(20)7-14(11)21-17/h2-7,21H,8H2,1H3. The van der Waals surface area contributed by atoms with Gasteiger partial charge in [-0.15, -0.1) is 0 Å². The number of benzene rings is 2. The van der Waals surface area contributed by atoms with Crippen LogP contribution in [0.5, 0.6) is 0 Å². The summed E-state index contributed by atoms with van der Waals surface area (Å²) >= 11 is 0. The lowest BCUT2D eigenvalue weighted by Crippen LogP contribution is -2.15. The maximum Gasteiger partial charge on any atom is 0.194 e. The van der Waals surface area contributed by atoms with Crippen molar-refractivity contribution in [3.63, 3.8) is 0 Å². The van der Waals surface area contributed by atoms with E-state index >= 15 is 0 Å². The van der Waals surface area contributed by atoms with Gasteiger partial charge in [-0.2, -0.15) is 0 Å². The van der Waals surface area contributed by atoms with E-state index in [4.69, 9.17) is 0 Å². The van der Waals surface area contributed by atoms with Crippen molar-refractivity contribution in [2.45, 2.75) is 0 Å². The number of carbonyl (C=O) groups excluding carboxylic acids is 1. The second kappa shape index (κ2) is 6.03. The third kappa shape index (κ3) is 3.43. The summed E-state index contributed by atoms with van der Waals surface area (Å²) in [6, 6.07) is 6.84. The normalized spacial score (nSPS) is 11.8. The van der Waals surface area contributed by atoms with E-state index < -0.39 is 38.8 Å². The number of Topliss-reactive ketones (excluding diaryl/α,β-unsaturated/α-hetero) is 1. The van der Waals surface area contributed by atoms with Crippen LogP contribution in [0.15, 0.2) is 36.4 Å². The summed E-state index contributed by atoms with van der Waals surface area (Å²) in [4.78, 5) is 15.0. The molecule has 0 radical (unpaired) electrons. The van der Waals surface area contributed by atoms with E-state index in [0.29, 0.717) is 5.56 Å². The fourth-order valence-corrected chi connectivity index (χ4v) is 3.25. The molecule has 3 aromatic rings. The molecule has 0 aliphatic carbocycles. The van der Waals surface area contributed by atoms with Gasteiger partial charge in [0, 0.05) is 28.8 Å². The Morgan fingerprint density at radius 1 is 1.04 bits per heavy atom. The first-order valence-electron chi connectivity index (χ1n) is 7.13. The smallest absolute Gasteiger partial charge is 0.194 e. The van der Waals surface area contributed by atoms with Gasteiger partial charge in [0.15, 0.2) is 27.3 Å². The molecule has 1 N–H and O–H groups in total. The van der Waals surface area contributed by atoms with E-state index in [2.05, 4.69) is 4.98 Å². The summed E-state index contributed by atoms with van der Waals surface area (Å²) in [5.74, 6) is -4.25. The molecular formula is C17H12F3NO3S. The highest BCUT2D eigenvalue weighted by Gasteiger charge is 2.23. The van der Waals surface area contributed by atoms with Gasteiger partial charge in [-0.3, -0.25) is 4.79 Å².